The van der Waals surface area contributed by atoms with E-state index < -0.39 is 0 Å². The molecule has 0 aliphatic carbocycles. The summed E-state index contributed by atoms with van der Waals surface area (Å²) in [6.07, 6.45) is 5.49. The Bertz CT molecular complexity index is 1700. The maximum absolute atomic E-state index is 14.0. The number of fused-ring (bicyclic) bond motifs is 1. The first-order valence-corrected chi connectivity index (χ1v) is 13.4. The van der Waals surface area contributed by atoms with Gasteiger partial charge in [-0.3, -0.25) is 0 Å². The average Bonchev–Trinajstić information content (AvgIpc) is 3.63. The predicted molar refractivity (Wildman–Crippen MR) is 155 cm³/mol. The molecule has 5 aromatic rings. The summed E-state index contributed by atoms with van der Waals surface area (Å²) in [7, 11) is 1.67. The van der Waals surface area contributed by atoms with E-state index in [1.807, 2.05) is 48.0 Å². The number of aliphatic hydroxyl groups excluding tert-OH is 1. The van der Waals surface area contributed by atoms with Crippen LogP contribution in [0.1, 0.15) is 24.0 Å². The van der Waals surface area contributed by atoms with Crippen LogP contribution in [0.4, 0.5) is 22.0 Å². The van der Waals surface area contributed by atoms with Crippen molar-refractivity contribution in [3.8, 4) is 22.6 Å². The van der Waals surface area contributed by atoms with Crippen molar-refractivity contribution in [2.75, 3.05) is 30.5 Å². The van der Waals surface area contributed by atoms with Gasteiger partial charge in [-0.15, -0.1) is 0 Å². The number of nitrogens with zero attached hydrogens (tertiary/aromatic N) is 5. The summed E-state index contributed by atoms with van der Waals surface area (Å²) in [4.78, 5) is 16.4. The topological polar surface area (TPSA) is 88.3 Å². The minimum Gasteiger partial charge on any atom is -0.496 e. The number of aryl methyl sites for hydroxylation is 1. The lowest BCUT2D eigenvalue weighted by molar-refractivity contribution is 0.266. The van der Waals surface area contributed by atoms with Crippen molar-refractivity contribution in [2.24, 2.45) is 0 Å². The highest BCUT2D eigenvalue weighted by Gasteiger charge is 2.27. The van der Waals surface area contributed by atoms with Crippen LogP contribution >= 0.6 is 0 Å². The van der Waals surface area contributed by atoms with E-state index in [0.29, 0.717) is 11.8 Å². The molecule has 3 aromatic carbocycles. The van der Waals surface area contributed by atoms with Crippen LogP contribution in [0.3, 0.4) is 0 Å². The van der Waals surface area contributed by atoms with Gasteiger partial charge in [0.2, 0.25) is 5.95 Å². The minimum atomic E-state index is -0.289. The minimum absolute atomic E-state index is 0.00666. The lowest BCUT2D eigenvalue weighted by Crippen LogP contribution is -2.33. The summed E-state index contributed by atoms with van der Waals surface area (Å²) in [5.41, 5.74) is 5.50. The molecule has 0 amide bonds. The summed E-state index contributed by atoms with van der Waals surface area (Å²) in [5.74, 6) is 2.27. The maximum Gasteiger partial charge on any atom is 0.230 e. The molecule has 1 saturated heterocycles. The third-order valence-corrected chi connectivity index (χ3v) is 7.64. The predicted octanol–water partition coefficient (Wildman–Crippen LogP) is 5.95. The number of imidazole rings is 1. The van der Waals surface area contributed by atoms with E-state index in [1.54, 1.807) is 19.5 Å². The number of methoxy groups -OCH3 is 1. The second-order valence-electron chi connectivity index (χ2n) is 10.2. The van der Waals surface area contributed by atoms with E-state index in [9.17, 15) is 9.50 Å². The molecule has 2 N–H and O–H groups in total. The fourth-order valence-corrected chi connectivity index (χ4v) is 5.35. The Hall–Kier alpha value is -4.50. The largest absolute Gasteiger partial charge is 0.496 e. The first kappa shape index (κ1) is 25.8. The van der Waals surface area contributed by atoms with Crippen molar-refractivity contribution in [1.82, 2.24) is 19.5 Å². The molecule has 8 nitrogen and oxygen atoms in total. The number of hydrogen-bond donors (Lipinski definition) is 2. The highest BCUT2D eigenvalue weighted by Crippen LogP contribution is 2.34. The SMILES string of the molecule is COc1cc(-n2cnc(Nc3nc(N4CCC[C@H]4CO)c4ccc(-c5cccc(F)c5)cc4n3)c2)cc(C)c1C. The van der Waals surface area contributed by atoms with Crippen LogP contribution in [-0.4, -0.2) is 50.9 Å². The molecule has 1 aliphatic rings. The molecule has 9 heteroatoms. The number of halogens is 1. The van der Waals surface area contributed by atoms with E-state index >= 15 is 0 Å². The van der Waals surface area contributed by atoms with Crippen molar-refractivity contribution in [3.05, 3.63) is 84.1 Å². The molecule has 6 rings (SSSR count). The van der Waals surface area contributed by atoms with Gasteiger partial charge in [0.1, 0.15) is 23.7 Å². The molecule has 0 spiro atoms. The van der Waals surface area contributed by atoms with Crippen molar-refractivity contribution in [3.63, 3.8) is 0 Å². The van der Waals surface area contributed by atoms with Gasteiger partial charge in [-0.1, -0.05) is 18.2 Å². The number of ether oxygens (including phenoxy) is 1. The molecule has 1 atom stereocenters. The monoisotopic (exact) mass is 538 g/mol. The lowest BCUT2D eigenvalue weighted by atomic mass is 10.0. The number of aromatic nitrogens is 4. The van der Waals surface area contributed by atoms with E-state index in [1.165, 1.54) is 12.1 Å². The van der Waals surface area contributed by atoms with Crippen LogP contribution in [0.25, 0.3) is 27.7 Å². The smallest absolute Gasteiger partial charge is 0.230 e. The molecule has 1 fully saturated rings. The summed E-state index contributed by atoms with van der Waals surface area (Å²) >= 11 is 0. The Morgan fingerprint density at radius 1 is 1.07 bits per heavy atom. The van der Waals surface area contributed by atoms with Gasteiger partial charge in [0.05, 0.1) is 37.2 Å². The Kier molecular flexibility index (Phi) is 6.81. The lowest BCUT2D eigenvalue weighted by Gasteiger charge is -2.26. The van der Waals surface area contributed by atoms with E-state index in [4.69, 9.17) is 14.7 Å². The molecule has 0 unspecified atom stereocenters. The summed E-state index contributed by atoms with van der Waals surface area (Å²) in [6.45, 7) is 4.94. The fourth-order valence-electron chi connectivity index (χ4n) is 5.35. The summed E-state index contributed by atoms with van der Waals surface area (Å²) in [5, 5.41) is 14.2. The van der Waals surface area contributed by atoms with Gasteiger partial charge in [-0.05, 0) is 79.3 Å². The molecule has 40 heavy (non-hydrogen) atoms. The Balaban J connectivity index is 1.40. The number of nitrogens with one attached hydrogen (secondary N) is 1. The van der Waals surface area contributed by atoms with E-state index in [2.05, 4.69) is 28.2 Å². The van der Waals surface area contributed by atoms with Gasteiger partial charge < -0.3 is 24.6 Å². The molecule has 2 aromatic heterocycles. The van der Waals surface area contributed by atoms with Crippen LogP contribution in [0.2, 0.25) is 0 Å². The Labute approximate surface area is 232 Å². The second kappa shape index (κ2) is 10.6. The maximum atomic E-state index is 14.0. The number of benzene rings is 3. The standard InChI is InChI=1S/C31H31FN6O2/c1-19-12-25(15-28(40-3)20(19)2)37-16-29(33-18-37)35-31-34-27-14-22(21-6-4-7-23(32)13-21)9-10-26(27)30(36-31)38-11-5-8-24(38)17-39/h4,6-7,9-10,12-16,18,24,39H,5,8,11,17H2,1-3H3,(H,34,35,36)/t24-/m0/s1. The highest BCUT2D eigenvalue weighted by atomic mass is 19.1. The van der Waals surface area contributed by atoms with E-state index in [0.717, 1.165) is 69.8 Å². The van der Waals surface area contributed by atoms with Gasteiger partial charge in [0.25, 0.3) is 0 Å². The zero-order valence-corrected chi connectivity index (χ0v) is 22.7. The van der Waals surface area contributed by atoms with Crippen molar-refractivity contribution in [1.29, 1.82) is 0 Å². The van der Waals surface area contributed by atoms with Gasteiger partial charge in [-0.25, -0.2) is 14.4 Å². The zero-order chi connectivity index (χ0) is 27.8. The van der Waals surface area contributed by atoms with Crippen LogP contribution in [0.5, 0.6) is 5.75 Å². The molecule has 0 bridgehead atoms. The van der Waals surface area contributed by atoms with Crippen molar-refractivity contribution < 1.29 is 14.2 Å². The molecule has 0 radical (unpaired) electrons. The normalized spacial score (nSPS) is 15.1. The van der Waals surface area contributed by atoms with Crippen LogP contribution in [0.15, 0.2) is 67.1 Å². The molecular weight excluding hydrogens is 507 g/mol. The van der Waals surface area contributed by atoms with Gasteiger partial charge >= 0.3 is 0 Å². The average molecular weight is 539 g/mol. The third kappa shape index (κ3) is 4.84. The fraction of sp³-hybridized carbons (Fsp3) is 0.258. The van der Waals surface area contributed by atoms with Crippen LogP contribution < -0.4 is 15.0 Å². The Morgan fingerprint density at radius 2 is 1.93 bits per heavy atom. The molecule has 1 aliphatic heterocycles. The van der Waals surface area contributed by atoms with Crippen molar-refractivity contribution in [2.45, 2.75) is 32.7 Å². The molecule has 204 valence electrons. The number of rotatable bonds is 7. The van der Waals surface area contributed by atoms with Gasteiger partial charge in [-0.2, -0.15) is 4.98 Å². The molecule has 0 saturated carbocycles. The van der Waals surface area contributed by atoms with Gasteiger partial charge in [0, 0.05) is 18.0 Å². The molecular formula is C31H31FN6O2. The van der Waals surface area contributed by atoms with Crippen LogP contribution in [-0.2, 0) is 0 Å². The summed E-state index contributed by atoms with van der Waals surface area (Å²) < 4.78 is 21.4. The van der Waals surface area contributed by atoms with Crippen LogP contribution in [0, 0.1) is 19.7 Å². The summed E-state index contributed by atoms with van der Waals surface area (Å²) in [6, 6.07) is 16.5. The number of aliphatic hydroxyl groups is 1. The number of anilines is 3. The molecule has 3 heterocycles. The Morgan fingerprint density at radius 3 is 2.73 bits per heavy atom. The van der Waals surface area contributed by atoms with Crippen molar-refractivity contribution >= 4 is 28.5 Å². The third-order valence-electron chi connectivity index (χ3n) is 7.64. The number of hydrogen-bond acceptors (Lipinski definition) is 7. The highest BCUT2D eigenvalue weighted by molar-refractivity contribution is 5.94. The first-order valence-electron chi connectivity index (χ1n) is 13.4. The zero-order valence-electron chi connectivity index (χ0n) is 22.7. The second-order valence-corrected chi connectivity index (χ2v) is 10.2. The quantitative estimate of drug-likeness (QED) is 0.265. The van der Waals surface area contributed by atoms with E-state index in [-0.39, 0.29) is 18.5 Å². The first-order chi connectivity index (χ1) is 19.4. The van der Waals surface area contributed by atoms with Gasteiger partial charge in [0.15, 0.2) is 5.82 Å².